The van der Waals surface area contributed by atoms with E-state index in [1.807, 2.05) is 24.3 Å². The van der Waals surface area contributed by atoms with Crippen LogP contribution in [0, 0.1) is 0 Å². The maximum atomic E-state index is 13.0. The highest BCUT2D eigenvalue weighted by Gasteiger charge is 2.43. The fraction of sp³-hybridized carbons (Fsp3) is 0.200. The molecule has 4 rings (SSSR count). The fourth-order valence-electron chi connectivity index (χ4n) is 3.56. The molecule has 1 atom stereocenters. The van der Waals surface area contributed by atoms with E-state index in [1.165, 1.54) is 0 Å². The molecule has 0 saturated carbocycles. The minimum atomic E-state index is -0.387. The van der Waals surface area contributed by atoms with Gasteiger partial charge in [0.05, 0.1) is 18.4 Å². The zero-order chi connectivity index (χ0) is 18.3. The van der Waals surface area contributed by atoms with Gasteiger partial charge in [-0.3, -0.25) is 9.69 Å². The van der Waals surface area contributed by atoms with E-state index in [-0.39, 0.29) is 30.8 Å². The van der Waals surface area contributed by atoms with Crippen molar-refractivity contribution in [3.8, 4) is 5.75 Å². The number of nitrogens with zero attached hydrogens (tertiary/aromatic N) is 1. The summed E-state index contributed by atoms with van der Waals surface area (Å²) < 4.78 is 10.7. The SMILES string of the molecule is COc1ccccc1[C@@H]1CC(=O)N(c2ccc(Cl)cc2)C2=C1C(=O)OC2. The van der Waals surface area contributed by atoms with E-state index in [0.29, 0.717) is 27.7 Å². The lowest BCUT2D eigenvalue weighted by Gasteiger charge is -2.32. The molecule has 26 heavy (non-hydrogen) atoms. The first-order valence-corrected chi connectivity index (χ1v) is 8.59. The number of methoxy groups -OCH3 is 1. The van der Waals surface area contributed by atoms with Gasteiger partial charge in [0.2, 0.25) is 5.91 Å². The number of hydrogen-bond acceptors (Lipinski definition) is 4. The van der Waals surface area contributed by atoms with Gasteiger partial charge in [-0.05, 0) is 30.3 Å². The number of anilines is 1. The monoisotopic (exact) mass is 369 g/mol. The molecule has 0 N–H and O–H groups in total. The number of benzene rings is 2. The van der Waals surface area contributed by atoms with Crippen LogP contribution in [-0.4, -0.2) is 25.6 Å². The first-order valence-electron chi connectivity index (χ1n) is 8.21. The largest absolute Gasteiger partial charge is 0.496 e. The molecule has 2 heterocycles. The molecule has 0 fully saturated rings. The van der Waals surface area contributed by atoms with Crippen LogP contribution < -0.4 is 9.64 Å². The Morgan fingerprint density at radius 3 is 2.58 bits per heavy atom. The number of esters is 1. The highest BCUT2D eigenvalue weighted by molar-refractivity contribution is 6.30. The van der Waals surface area contributed by atoms with Crippen LogP contribution >= 0.6 is 11.6 Å². The van der Waals surface area contributed by atoms with Gasteiger partial charge in [0.1, 0.15) is 12.4 Å². The second kappa shape index (κ2) is 6.50. The number of ether oxygens (including phenoxy) is 2. The molecule has 0 spiro atoms. The van der Waals surface area contributed by atoms with Crippen LogP contribution in [0.2, 0.25) is 5.02 Å². The van der Waals surface area contributed by atoms with Crippen molar-refractivity contribution in [2.75, 3.05) is 18.6 Å². The molecule has 5 nitrogen and oxygen atoms in total. The maximum absolute atomic E-state index is 13.0. The number of hydrogen-bond donors (Lipinski definition) is 0. The van der Waals surface area contributed by atoms with Gasteiger partial charge in [0, 0.05) is 28.6 Å². The second-order valence-electron chi connectivity index (χ2n) is 6.14. The van der Waals surface area contributed by atoms with Crippen LogP contribution in [0.15, 0.2) is 59.8 Å². The molecular weight excluding hydrogens is 354 g/mol. The van der Waals surface area contributed by atoms with Gasteiger partial charge in [0.25, 0.3) is 0 Å². The predicted octanol–water partition coefficient (Wildman–Crippen LogP) is 3.68. The van der Waals surface area contributed by atoms with Gasteiger partial charge in [0.15, 0.2) is 0 Å². The number of carbonyl (C=O) groups excluding carboxylic acids is 2. The summed E-state index contributed by atoms with van der Waals surface area (Å²) in [5.74, 6) is -0.216. The van der Waals surface area contributed by atoms with Crippen molar-refractivity contribution in [3.05, 3.63) is 70.4 Å². The summed E-state index contributed by atoms with van der Waals surface area (Å²) in [6.45, 7) is 0.0776. The Labute approximate surface area is 155 Å². The minimum absolute atomic E-state index is 0.0776. The standard InChI is InChI=1S/C20H16ClNO4/c1-25-17-5-3-2-4-14(17)15-10-18(23)22(13-8-6-12(21)7-9-13)16-11-26-20(24)19(15)16/h2-9,15H,10-11H2,1H3/t15-/m0/s1. The molecule has 6 heteroatoms. The summed E-state index contributed by atoms with van der Waals surface area (Å²) in [5.41, 5.74) is 2.59. The Hall–Kier alpha value is -2.79. The van der Waals surface area contributed by atoms with E-state index >= 15 is 0 Å². The lowest BCUT2D eigenvalue weighted by atomic mass is 9.83. The summed E-state index contributed by atoms with van der Waals surface area (Å²) in [7, 11) is 1.58. The Morgan fingerprint density at radius 2 is 1.85 bits per heavy atom. The van der Waals surface area contributed by atoms with E-state index in [4.69, 9.17) is 21.1 Å². The summed E-state index contributed by atoms with van der Waals surface area (Å²) in [6, 6.07) is 14.4. The van der Waals surface area contributed by atoms with Crippen LogP contribution in [0.1, 0.15) is 17.9 Å². The number of cyclic esters (lactones) is 1. The first-order chi connectivity index (χ1) is 12.6. The third-order valence-electron chi connectivity index (χ3n) is 4.72. The molecule has 0 radical (unpaired) electrons. The molecule has 1 amide bonds. The average molecular weight is 370 g/mol. The second-order valence-corrected chi connectivity index (χ2v) is 6.58. The Morgan fingerprint density at radius 1 is 1.12 bits per heavy atom. The summed E-state index contributed by atoms with van der Waals surface area (Å²) >= 11 is 5.95. The Kier molecular flexibility index (Phi) is 4.17. The fourth-order valence-corrected chi connectivity index (χ4v) is 3.69. The van der Waals surface area contributed by atoms with Crippen molar-refractivity contribution >= 4 is 29.2 Å². The van der Waals surface area contributed by atoms with E-state index in [2.05, 4.69) is 0 Å². The number of carbonyl (C=O) groups is 2. The average Bonchev–Trinajstić information content (AvgIpc) is 3.04. The van der Waals surface area contributed by atoms with Crippen LogP contribution in [0.4, 0.5) is 5.69 Å². The van der Waals surface area contributed by atoms with Crippen molar-refractivity contribution in [2.45, 2.75) is 12.3 Å². The molecule has 0 bridgehead atoms. The van der Waals surface area contributed by atoms with Gasteiger partial charge >= 0.3 is 5.97 Å². The third kappa shape index (κ3) is 2.65. The van der Waals surface area contributed by atoms with Gasteiger partial charge in [-0.15, -0.1) is 0 Å². The Bertz CT molecular complexity index is 920. The highest BCUT2D eigenvalue weighted by atomic mass is 35.5. The highest BCUT2D eigenvalue weighted by Crippen LogP contribution is 2.44. The number of para-hydroxylation sites is 1. The zero-order valence-corrected chi connectivity index (χ0v) is 14.8. The van der Waals surface area contributed by atoms with Gasteiger partial charge in [-0.25, -0.2) is 4.79 Å². The smallest absolute Gasteiger partial charge is 0.336 e. The molecule has 2 aliphatic rings. The first kappa shape index (κ1) is 16.7. The van der Waals surface area contributed by atoms with Crippen molar-refractivity contribution in [2.24, 2.45) is 0 Å². The van der Waals surface area contributed by atoms with Crippen LogP contribution in [0.25, 0.3) is 0 Å². The van der Waals surface area contributed by atoms with Crippen LogP contribution in [0.3, 0.4) is 0 Å². The molecular formula is C20H16ClNO4. The molecule has 0 aromatic heterocycles. The third-order valence-corrected chi connectivity index (χ3v) is 4.97. The van der Waals surface area contributed by atoms with E-state index in [9.17, 15) is 9.59 Å². The summed E-state index contributed by atoms with van der Waals surface area (Å²) in [5, 5.41) is 0.582. The summed E-state index contributed by atoms with van der Waals surface area (Å²) in [4.78, 5) is 27.0. The minimum Gasteiger partial charge on any atom is -0.496 e. The van der Waals surface area contributed by atoms with Gasteiger partial charge in [-0.2, -0.15) is 0 Å². The maximum Gasteiger partial charge on any atom is 0.336 e. The van der Waals surface area contributed by atoms with Crippen molar-refractivity contribution < 1.29 is 19.1 Å². The molecule has 132 valence electrons. The van der Waals surface area contributed by atoms with Crippen molar-refractivity contribution in [1.82, 2.24) is 0 Å². The van der Waals surface area contributed by atoms with Gasteiger partial charge < -0.3 is 9.47 Å². The van der Waals surface area contributed by atoms with E-state index in [0.717, 1.165) is 5.56 Å². The van der Waals surface area contributed by atoms with Crippen molar-refractivity contribution in [1.29, 1.82) is 0 Å². The molecule has 0 saturated heterocycles. The quantitative estimate of drug-likeness (QED) is 0.774. The van der Waals surface area contributed by atoms with E-state index < -0.39 is 0 Å². The van der Waals surface area contributed by atoms with Crippen LogP contribution in [-0.2, 0) is 14.3 Å². The Balaban J connectivity index is 1.84. The van der Waals surface area contributed by atoms with E-state index in [1.54, 1.807) is 36.3 Å². The predicted molar refractivity (Wildman–Crippen MR) is 97.3 cm³/mol. The molecule has 0 aliphatic carbocycles. The number of halogens is 1. The van der Waals surface area contributed by atoms with Crippen LogP contribution in [0.5, 0.6) is 5.75 Å². The summed E-state index contributed by atoms with van der Waals surface area (Å²) in [6.07, 6.45) is 0.164. The lowest BCUT2D eigenvalue weighted by Crippen LogP contribution is -2.37. The molecule has 2 aromatic carbocycles. The van der Waals surface area contributed by atoms with Gasteiger partial charge in [-0.1, -0.05) is 29.8 Å². The lowest BCUT2D eigenvalue weighted by molar-refractivity contribution is -0.136. The topological polar surface area (TPSA) is 55.8 Å². The molecule has 0 unspecified atom stereocenters. The normalized spacial score (nSPS) is 19.5. The zero-order valence-electron chi connectivity index (χ0n) is 14.1. The molecule has 2 aromatic rings. The number of rotatable bonds is 3. The van der Waals surface area contributed by atoms with Crippen molar-refractivity contribution in [3.63, 3.8) is 0 Å². The molecule has 2 aliphatic heterocycles. The number of amides is 1.